The minimum atomic E-state index is 0.760. The molecule has 0 atom stereocenters. The van der Waals surface area contributed by atoms with E-state index in [0.29, 0.717) is 0 Å². The summed E-state index contributed by atoms with van der Waals surface area (Å²) in [7, 11) is 0. The van der Waals surface area contributed by atoms with Crippen LogP contribution < -0.4 is 11.1 Å². The van der Waals surface area contributed by atoms with E-state index in [1.807, 2.05) is 24.3 Å². The number of benzene rings is 2. The summed E-state index contributed by atoms with van der Waals surface area (Å²) in [4.78, 5) is 0. The fraction of sp³-hybridized carbons (Fsp3) is 0.200. The summed E-state index contributed by atoms with van der Waals surface area (Å²) in [6.07, 6.45) is 0. The normalized spacial score (nSPS) is 10.2. The Kier molecular flexibility index (Phi) is 3.33. The van der Waals surface area contributed by atoms with Gasteiger partial charge in [0.2, 0.25) is 0 Å². The van der Waals surface area contributed by atoms with Crippen LogP contribution in [0.2, 0.25) is 0 Å². The zero-order valence-electron chi connectivity index (χ0n) is 10.3. The molecule has 0 aliphatic rings. The van der Waals surface area contributed by atoms with Crippen LogP contribution in [0.5, 0.6) is 0 Å². The summed E-state index contributed by atoms with van der Waals surface area (Å²) in [6.45, 7) is 4.98. The van der Waals surface area contributed by atoms with Gasteiger partial charge in [0.1, 0.15) is 0 Å². The van der Waals surface area contributed by atoms with E-state index < -0.39 is 0 Å². The third kappa shape index (κ3) is 2.78. The van der Waals surface area contributed by atoms with Crippen molar-refractivity contribution in [2.75, 3.05) is 11.1 Å². The SMILES string of the molecule is Cc1ccc(NCc2ccccc2N)c(C)c1. The number of nitrogen functional groups attached to an aromatic ring is 1. The van der Waals surface area contributed by atoms with Crippen molar-refractivity contribution >= 4 is 11.4 Å². The Balaban J connectivity index is 2.10. The van der Waals surface area contributed by atoms with Gasteiger partial charge in [-0.1, -0.05) is 35.9 Å². The minimum Gasteiger partial charge on any atom is -0.398 e. The van der Waals surface area contributed by atoms with Crippen molar-refractivity contribution in [2.24, 2.45) is 0 Å². The van der Waals surface area contributed by atoms with Crippen LogP contribution in [0.25, 0.3) is 0 Å². The van der Waals surface area contributed by atoms with Crippen molar-refractivity contribution in [3.05, 3.63) is 59.2 Å². The van der Waals surface area contributed by atoms with Crippen LogP contribution in [-0.4, -0.2) is 0 Å². The molecule has 0 unspecified atom stereocenters. The molecule has 2 rings (SSSR count). The molecule has 0 heterocycles. The van der Waals surface area contributed by atoms with Crippen molar-refractivity contribution < 1.29 is 0 Å². The number of rotatable bonds is 3. The van der Waals surface area contributed by atoms with Crippen LogP contribution >= 0.6 is 0 Å². The lowest BCUT2D eigenvalue weighted by Crippen LogP contribution is -2.03. The highest BCUT2D eigenvalue weighted by Crippen LogP contribution is 2.18. The molecule has 0 fully saturated rings. The van der Waals surface area contributed by atoms with Crippen LogP contribution in [0.15, 0.2) is 42.5 Å². The monoisotopic (exact) mass is 226 g/mol. The first-order valence-electron chi connectivity index (χ1n) is 5.81. The Morgan fingerprint density at radius 3 is 2.53 bits per heavy atom. The molecule has 0 saturated carbocycles. The molecule has 2 nitrogen and oxygen atoms in total. The van der Waals surface area contributed by atoms with E-state index in [1.165, 1.54) is 16.8 Å². The molecule has 17 heavy (non-hydrogen) atoms. The van der Waals surface area contributed by atoms with Crippen molar-refractivity contribution in [1.82, 2.24) is 0 Å². The molecule has 0 spiro atoms. The molecule has 3 N–H and O–H groups in total. The van der Waals surface area contributed by atoms with Gasteiger partial charge < -0.3 is 11.1 Å². The number of nitrogens with one attached hydrogen (secondary N) is 1. The number of hydrogen-bond acceptors (Lipinski definition) is 2. The van der Waals surface area contributed by atoms with Gasteiger partial charge in [0, 0.05) is 17.9 Å². The van der Waals surface area contributed by atoms with Gasteiger partial charge in [0.15, 0.2) is 0 Å². The zero-order chi connectivity index (χ0) is 12.3. The van der Waals surface area contributed by atoms with Gasteiger partial charge in [-0.3, -0.25) is 0 Å². The van der Waals surface area contributed by atoms with Gasteiger partial charge >= 0.3 is 0 Å². The molecule has 2 heteroatoms. The summed E-state index contributed by atoms with van der Waals surface area (Å²) in [5.41, 5.74) is 11.6. The van der Waals surface area contributed by atoms with Crippen molar-refractivity contribution in [3.8, 4) is 0 Å². The van der Waals surface area contributed by atoms with Gasteiger partial charge in [0.25, 0.3) is 0 Å². The van der Waals surface area contributed by atoms with Gasteiger partial charge in [-0.2, -0.15) is 0 Å². The van der Waals surface area contributed by atoms with Gasteiger partial charge in [-0.05, 0) is 37.1 Å². The second-order valence-electron chi connectivity index (χ2n) is 4.37. The molecule has 88 valence electrons. The Bertz CT molecular complexity index is 518. The van der Waals surface area contributed by atoms with Gasteiger partial charge in [0.05, 0.1) is 0 Å². The van der Waals surface area contributed by atoms with Crippen molar-refractivity contribution in [2.45, 2.75) is 20.4 Å². The molecule has 0 saturated heterocycles. The fourth-order valence-corrected chi connectivity index (χ4v) is 1.90. The summed E-state index contributed by atoms with van der Waals surface area (Å²) in [5.74, 6) is 0. The third-order valence-corrected chi connectivity index (χ3v) is 2.91. The van der Waals surface area contributed by atoms with Crippen molar-refractivity contribution in [1.29, 1.82) is 0 Å². The standard InChI is InChI=1S/C15H18N2/c1-11-7-8-15(12(2)9-11)17-10-13-5-3-4-6-14(13)16/h3-9,17H,10,16H2,1-2H3. The Morgan fingerprint density at radius 2 is 1.82 bits per heavy atom. The van der Waals surface area contributed by atoms with E-state index in [9.17, 15) is 0 Å². The maximum atomic E-state index is 5.91. The largest absolute Gasteiger partial charge is 0.398 e. The molecular formula is C15H18N2. The van der Waals surface area contributed by atoms with E-state index in [-0.39, 0.29) is 0 Å². The average Bonchev–Trinajstić information content (AvgIpc) is 2.30. The number of hydrogen-bond donors (Lipinski definition) is 2. The second-order valence-corrected chi connectivity index (χ2v) is 4.37. The summed E-state index contributed by atoms with van der Waals surface area (Å²) in [5, 5.41) is 3.42. The first-order chi connectivity index (χ1) is 8.16. The molecule has 2 aromatic carbocycles. The highest BCUT2D eigenvalue weighted by molar-refractivity contribution is 5.54. The quantitative estimate of drug-likeness (QED) is 0.786. The molecule has 0 bridgehead atoms. The van der Waals surface area contributed by atoms with E-state index in [0.717, 1.165) is 17.8 Å². The highest BCUT2D eigenvalue weighted by atomic mass is 14.9. The Hall–Kier alpha value is -1.96. The van der Waals surface area contributed by atoms with E-state index >= 15 is 0 Å². The predicted octanol–water partition coefficient (Wildman–Crippen LogP) is 3.50. The second kappa shape index (κ2) is 4.91. The first kappa shape index (κ1) is 11.5. The van der Waals surface area contributed by atoms with Crippen LogP contribution in [0.4, 0.5) is 11.4 Å². The van der Waals surface area contributed by atoms with E-state index in [4.69, 9.17) is 5.73 Å². The number of aryl methyl sites for hydroxylation is 2. The van der Waals surface area contributed by atoms with Gasteiger partial charge in [-0.25, -0.2) is 0 Å². The molecule has 0 aliphatic carbocycles. The molecule has 0 aromatic heterocycles. The van der Waals surface area contributed by atoms with Crippen LogP contribution in [0.3, 0.4) is 0 Å². The highest BCUT2D eigenvalue weighted by Gasteiger charge is 2.00. The lowest BCUT2D eigenvalue weighted by molar-refractivity contribution is 1.14. The number of anilines is 2. The fourth-order valence-electron chi connectivity index (χ4n) is 1.90. The van der Waals surface area contributed by atoms with E-state index in [2.05, 4.69) is 37.4 Å². The van der Waals surface area contributed by atoms with Crippen LogP contribution in [0, 0.1) is 13.8 Å². The summed E-state index contributed by atoms with van der Waals surface area (Å²) < 4.78 is 0. The van der Waals surface area contributed by atoms with Gasteiger partial charge in [-0.15, -0.1) is 0 Å². The Labute approximate surface area is 102 Å². The van der Waals surface area contributed by atoms with Crippen LogP contribution in [-0.2, 0) is 6.54 Å². The maximum Gasteiger partial charge on any atom is 0.0421 e. The molecule has 0 amide bonds. The molecule has 2 aromatic rings. The maximum absolute atomic E-state index is 5.91. The summed E-state index contributed by atoms with van der Waals surface area (Å²) >= 11 is 0. The van der Waals surface area contributed by atoms with E-state index in [1.54, 1.807) is 0 Å². The van der Waals surface area contributed by atoms with Crippen molar-refractivity contribution in [3.63, 3.8) is 0 Å². The molecule has 0 aliphatic heterocycles. The summed E-state index contributed by atoms with van der Waals surface area (Å²) in [6, 6.07) is 14.3. The lowest BCUT2D eigenvalue weighted by atomic mass is 10.1. The first-order valence-corrected chi connectivity index (χ1v) is 5.81. The lowest BCUT2D eigenvalue weighted by Gasteiger charge is -2.11. The number of nitrogens with two attached hydrogens (primary N) is 1. The smallest absolute Gasteiger partial charge is 0.0421 e. The topological polar surface area (TPSA) is 38.0 Å². The predicted molar refractivity (Wildman–Crippen MR) is 74.1 cm³/mol. The number of para-hydroxylation sites is 1. The molecular weight excluding hydrogens is 208 g/mol. The Morgan fingerprint density at radius 1 is 1.06 bits per heavy atom. The molecule has 0 radical (unpaired) electrons. The van der Waals surface area contributed by atoms with Crippen LogP contribution in [0.1, 0.15) is 16.7 Å². The third-order valence-electron chi connectivity index (χ3n) is 2.91. The average molecular weight is 226 g/mol. The minimum absolute atomic E-state index is 0.760. The zero-order valence-corrected chi connectivity index (χ0v) is 10.3.